The smallest absolute Gasteiger partial charge is 0.550 e. The van der Waals surface area contributed by atoms with E-state index in [0.717, 1.165) is 11.1 Å². The largest absolute Gasteiger partial charge is 1.00 e. The summed E-state index contributed by atoms with van der Waals surface area (Å²) in [5.74, 6) is -2.00. The molecule has 4 N–H and O–H groups in total. The molecule has 2 aromatic carbocycles. The van der Waals surface area contributed by atoms with Crippen LogP contribution in [-0.2, 0) is 11.4 Å². The molecule has 2 rings (SSSR count). The first-order valence-electron chi connectivity index (χ1n) is 11.0. The van der Waals surface area contributed by atoms with Crippen molar-refractivity contribution in [3.63, 3.8) is 0 Å². The van der Waals surface area contributed by atoms with E-state index in [9.17, 15) is 34.7 Å². The molecule has 2 aromatic rings. The van der Waals surface area contributed by atoms with Gasteiger partial charge in [0, 0.05) is 31.3 Å². The van der Waals surface area contributed by atoms with E-state index in [0.29, 0.717) is 22.3 Å². The number of carbonyl (C=O) groups excluding carboxylic acids is 1. The summed E-state index contributed by atoms with van der Waals surface area (Å²) in [6, 6.07) is 7.80. The molecule has 0 aliphatic heterocycles. The molecule has 3 atom stereocenters. The van der Waals surface area contributed by atoms with E-state index in [-0.39, 0.29) is 61.0 Å². The molecule has 0 fully saturated rings. The van der Waals surface area contributed by atoms with Crippen LogP contribution in [0, 0.1) is 5.82 Å². The number of carbonyl (C=O) groups is 1. The summed E-state index contributed by atoms with van der Waals surface area (Å²) in [4.78, 5) is 10.7. The number of aliphatic carboxylic acids is 1. The first-order valence-corrected chi connectivity index (χ1v) is 11.0. The van der Waals surface area contributed by atoms with E-state index in [1.807, 2.05) is 26.8 Å². The molecular formula is C26H32FNaO6. The van der Waals surface area contributed by atoms with Crippen molar-refractivity contribution in [1.29, 1.82) is 0 Å². The topological polar surface area (TPSA) is 121 Å². The third-order valence-corrected chi connectivity index (χ3v) is 5.66. The molecule has 0 saturated heterocycles. The fourth-order valence-corrected chi connectivity index (χ4v) is 3.94. The predicted octanol–water partition coefficient (Wildman–Crippen LogP) is -0.527. The molecule has 34 heavy (non-hydrogen) atoms. The summed E-state index contributed by atoms with van der Waals surface area (Å²) in [6.07, 6.45) is 0.0104. The van der Waals surface area contributed by atoms with E-state index < -0.39 is 30.4 Å². The molecule has 0 aromatic heterocycles. The van der Waals surface area contributed by atoms with Gasteiger partial charge in [-0.05, 0) is 51.4 Å². The number of aliphatic hydroxyl groups is 4. The monoisotopic (exact) mass is 482 g/mol. The van der Waals surface area contributed by atoms with Gasteiger partial charge in [0.05, 0.1) is 18.8 Å². The zero-order valence-electron chi connectivity index (χ0n) is 20.2. The van der Waals surface area contributed by atoms with Crippen molar-refractivity contribution >= 4 is 12.0 Å². The van der Waals surface area contributed by atoms with Crippen molar-refractivity contribution in [3.8, 4) is 11.1 Å². The average molecular weight is 483 g/mol. The van der Waals surface area contributed by atoms with Gasteiger partial charge in [-0.2, -0.15) is 0 Å². The summed E-state index contributed by atoms with van der Waals surface area (Å²) in [5, 5.41) is 50.8. The van der Waals surface area contributed by atoms with Crippen LogP contribution < -0.4 is 34.7 Å². The first-order chi connectivity index (χ1) is 15.6. The molecule has 0 aliphatic carbocycles. The van der Waals surface area contributed by atoms with Gasteiger partial charge < -0.3 is 30.3 Å². The summed E-state index contributed by atoms with van der Waals surface area (Å²) >= 11 is 0. The van der Waals surface area contributed by atoms with Gasteiger partial charge in [0.1, 0.15) is 5.82 Å². The maximum absolute atomic E-state index is 13.6. The van der Waals surface area contributed by atoms with Crippen LogP contribution in [0.1, 0.15) is 67.7 Å². The second-order valence-electron chi connectivity index (χ2n) is 8.62. The number of hydrogen-bond acceptors (Lipinski definition) is 6. The number of rotatable bonds is 11. The van der Waals surface area contributed by atoms with E-state index in [2.05, 4.69) is 0 Å². The van der Waals surface area contributed by atoms with Crippen molar-refractivity contribution in [2.45, 2.75) is 64.3 Å². The van der Waals surface area contributed by atoms with Gasteiger partial charge in [-0.1, -0.05) is 51.1 Å². The van der Waals surface area contributed by atoms with Crippen molar-refractivity contribution in [1.82, 2.24) is 0 Å². The van der Waals surface area contributed by atoms with Crippen LogP contribution in [-0.4, -0.2) is 45.2 Å². The molecule has 0 heterocycles. The molecule has 180 valence electrons. The van der Waals surface area contributed by atoms with Crippen LogP contribution in [0.15, 0.2) is 36.4 Å². The zero-order valence-corrected chi connectivity index (χ0v) is 22.2. The van der Waals surface area contributed by atoms with E-state index >= 15 is 0 Å². The Balaban J connectivity index is 0.00000578. The summed E-state index contributed by atoms with van der Waals surface area (Å²) in [6.45, 7) is 5.42. The second-order valence-corrected chi connectivity index (χ2v) is 8.62. The minimum Gasteiger partial charge on any atom is -0.550 e. The van der Waals surface area contributed by atoms with Crippen LogP contribution >= 0.6 is 0 Å². The van der Waals surface area contributed by atoms with Gasteiger partial charge in [-0.3, -0.25) is 0 Å². The Morgan fingerprint density at radius 3 is 2.21 bits per heavy atom. The van der Waals surface area contributed by atoms with Crippen LogP contribution in [0.25, 0.3) is 17.2 Å². The van der Waals surface area contributed by atoms with Crippen LogP contribution in [0.2, 0.25) is 0 Å². The molecule has 0 bridgehead atoms. The fraction of sp³-hybridized carbons (Fsp3) is 0.423. The number of aliphatic hydroxyl groups excluding tert-OH is 4. The minimum atomic E-state index is -1.40. The fourth-order valence-electron chi connectivity index (χ4n) is 3.94. The number of carboxylic acid groups (broad SMARTS) is 1. The molecule has 0 unspecified atom stereocenters. The molecule has 6 nitrogen and oxygen atoms in total. The van der Waals surface area contributed by atoms with E-state index in [4.69, 9.17) is 0 Å². The molecule has 0 aliphatic rings. The Kier molecular flexibility index (Phi) is 12.6. The summed E-state index contributed by atoms with van der Waals surface area (Å²) < 4.78 is 13.6. The van der Waals surface area contributed by atoms with E-state index in [1.165, 1.54) is 18.2 Å². The van der Waals surface area contributed by atoms with Gasteiger partial charge in [-0.15, -0.1) is 0 Å². The van der Waals surface area contributed by atoms with Gasteiger partial charge >= 0.3 is 29.6 Å². The van der Waals surface area contributed by atoms with Crippen molar-refractivity contribution in [2.24, 2.45) is 0 Å². The van der Waals surface area contributed by atoms with Crippen molar-refractivity contribution in [3.05, 3.63) is 64.5 Å². The molecular weight excluding hydrogens is 450 g/mol. The molecule has 0 spiro atoms. The summed E-state index contributed by atoms with van der Waals surface area (Å²) in [5.41, 5.74) is 4.32. The van der Waals surface area contributed by atoms with Gasteiger partial charge in [-0.25, -0.2) is 4.39 Å². The Bertz CT molecular complexity index is 974. The van der Waals surface area contributed by atoms with Gasteiger partial charge in [0.2, 0.25) is 0 Å². The maximum Gasteiger partial charge on any atom is 1.00 e. The normalized spacial score (nSPS) is 14.1. The van der Waals surface area contributed by atoms with Crippen LogP contribution in [0.5, 0.6) is 0 Å². The zero-order chi connectivity index (χ0) is 24.7. The number of halogens is 1. The number of benzene rings is 2. The molecule has 8 heteroatoms. The number of hydrogen-bond donors (Lipinski definition) is 4. The number of carboxylic acids is 1. The van der Waals surface area contributed by atoms with E-state index in [1.54, 1.807) is 18.2 Å². The Hall–Kier alpha value is -1.58. The standard InChI is InChI=1S/C26H33FO6.Na/c1-15(2)22-12-23(16(3)13-28)24(14-29)26(17-4-6-18(27)7-5-17)21(22)9-8-19(30)10-20(31)11-25(32)33;/h4-9,12,15-16,19-20,28-31H,10-11,13-14H2,1-3H3,(H,32,33);/q;+1/p-1/b9-8+;/t16-,19-,20-;/m1./s1. The molecule has 0 amide bonds. The first kappa shape index (κ1) is 30.5. The SMILES string of the molecule is CC(C)c1cc([C@H](C)CO)c(CO)c(-c2ccc(F)cc2)c1/C=C/[C@@H](O)C[C@@H](O)CC(=O)[O-].[Na+]. The average Bonchev–Trinajstić information content (AvgIpc) is 2.75. The van der Waals surface area contributed by atoms with Crippen LogP contribution in [0.3, 0.4) is 0 Å². The molecule has 0 saturated carbocycles. The van der Waals surface area contributed by atoms with Gasteiger partial charge in [0.25, 0.3) is 0 Å². The Labute approximate surface area is 222 Å². The second kappa shape index (κ2) is 14.1. The Morgan fingerprint density at radius 2 is 1.71 bits per heavy atom. The van der Waals surface area contributed by atoms with Gasteiger partial charge in [0.15, 0.2) is 0 Å². The maximum atomic E-state index is 13.6. The van der Waals surface area contributed by atoms with Crippen LogP contribution in [0.4, 0.5) is 4.39 Å². The third-order valence-electron chi connectivity index (χ3n) is 5.66. The molecule has 0 radical (unpaired) electrons. The predicted molar refractivity (Wildman–Crippen MR) is 123 cm³/mol. The Morgan fingerprint density at radius 1 is 1.09 bits per heavy atom. The quantitative estimate of drug-likeness (QED) is 0.320. The third kappa shape index (κ3) is 7.99. The van der Waals surface area contributed by atoms with Crippen molar-refractivity contribution < 1.29 is 64.3 Å². The minimum absolute atomic E-state index is 0. The van der Waals surface area contributed by atoms with Crippen molar-refractivity contribution in [2.75, 3.05) is 6.61 Å². The summed E-state index contributed by atoms with van der Waals surface area (Å²) in [7, 11) is 0.